The highest BCUT2D eigenvalue weighted by molar-refractivity contribution is 6.31. The van der Waals surface area contributed by atoms with E-state index in [-0.39, 0.29) is 11.5 Å². The van der Waals surface area contributed by atoms with E-state index in [1.807, 2.05) is 42.5 Å². The second-order valence-corrected chi connectivity index (χ2v) is 6.71. The number of hydrogen-bond acceptors (Lipinski definition) is 4. The lowest BCUT2D eigenvalue weighted by atomic mass is 10.0. The Kier molecular flexibility index (Phi) is 5.23. The molecule has 0 saturated heterocycles. The van der Waals surface area contributed by atoms with Gasteiger partial charge in [-0.15, -0.1) is 5.10 Å². The summed E-state index contributed by atoms with van der Waals surface area (Å²) in [5, 5.41) is 11.3. The molecule has 0 radical (unpaired) electrons. The molecule has 134 valence electrons. The maximum Gasteiger partial charge on any atom is 0.280 e. The third-order valence-electron chi connectivity index (χ3n) is 4.10. The van der Waals surface area contributed by atoms with Crippen LogP contribution in [0.25, 0.3) is 0 Å². The number of nitrogen functional groups attached to an aromatic ring is 1. The number of halogens is 1. The number of anilines is 2. The molecule has 0 aliphatic heterocycles. The Balaban J connectivity index is 1.74. The van der Waals surface area contributed by atoms with Crippen LogP contribution in [0.1, 0.15) is 41.4 Å². The molecule has 0 aliphatic rings. The van der Waals surface area contributed by atoms with Crippen LogP contribution in [0.3, 0.4) is 0 Å². The lowest BCUT2D eigenvalue weighted by molar-refractivity contribution is 0.102. The van der Waals surface area contributed by atoms with Gasteiger partial charge in [-0.05, 0) is 35.2 Å². The Morgan fingerprint density at radius 1 is 1.19 bits per heavy atom. The SMILES string of the molecule is CC(C)c1ccc(NC(=O)c2nnn(Cc3ccccc3Cl)c2N)cc1. The number of hydrogen-bond donors (Lipinski definition) is 2. The standard InChI is InChI=1S/C19H20ClN5O/c1-12(2)13-7-9-15(10-8-13)22-19(26)17-18(21)25(24-23-17)11-14-5-3-4-6-16(14)20/h3-10,12H,11,21H2,1-2H3,(H,22,26). The van der Waals surface area contributed by atoms with Gasteiger partial charge >= 0.3 is 0 Å². The largest absolute Gasteiger partial charge is 0.382 e. The predicted molar refractivity (Wildman–Crippen MR) is 103 cm³/mol. The number of nitrogens with two attached hydrogens (primary N) is 1. The lowest BCUT2D eigenvalue weighted by Gasteiger charge is -2.08. The van der Waals surface area contributed by atoms with Crippen molar-refractivity contribution in [3.8, 4) is 0 Å². The molecule has 3 aromatic rings. The number of carbonyl (C=O) groups excluding carboxylic acids is 1. The molecule has 3 rings (SSSR count). The van der Waals surface area contributed by atoms with Crippen LogP contribution in [0.2, 0.25) is 5.02 Å². The average Bonchev–Trinajstić information content (AvgIpc) is 2.98. The second kappa shape index (κ2) is 7.58. The Hall–Kier alpha value is -2.86. The van der Waals surface area contributed by atoms with Crippen LogP contribution in [0.5, 0.6) is 0 Å². The van der Waals surface area contributed by atoms with Crippen LogP contribution in [0.15, 0.2) is 48.5 Å². The third-order valence-corrected chi connectivity index (χ3v) is 4.47. The maximum absolute atomic E-state index is 12.5. The molecular weight excluding hydrogens is 350 g/mol. The van der Waals surface area contributed by atoms with E-state index in [1.165, 1.54) is 10.2 Å². The van der Waals surface area contributed by atoms with E-state index in [2.05, 4.69) is 29.5 Å². The van der Waals surface area contributed by atoms with E-state index in [9.17, 15) is 4.79 Å². The van der Waals surface area contributed by atoms with Gasteiger partial charge in [0.25, 0.3) is 5.91 Å². The van der Waals surface area contributed by atoms with Crippen molar-refractivity contribution in [2.45, 2.75) is 26.3 Å². The summed E-state index contributed by atoms with van der Waals surface area (Å²) in [4.78, 5) is 12.5. The zero-order chi connectivity index (χ0) is 18.7. The zero-order valence-electron chi connectivity index (χ0n) is 14.6. The minimum Gasteiger partial charge on any atom is -0.382 e. The van der Waals surface area contributed by atoms with Crippen LogP contribution in [-0.2, 0) is 6.54 Å². The molecule has 6 nitrogen and oxygen atoms in total. The molecule has 0 spiro atoms. The highest BCUT2D eigenvalue weighted by Gasteiger charge is 2.18. The van der Waals surface area contributed by atoms with E-state index in [0.717, 1.165) is 5.56 Å². The molecule has 0 unspecified atom stereocenters. The van der Waals surface area contributed by atoms with E-state index < -0.39 is 5.91 Å². The minimum atomic E-state index is -0.398. The first kappa shape index (κ1) is 17.9. The summed E-state index contributed by atoms with van der Waals surface area (Å²) in [6.07, 6.45) is 0. The van der Waals surface area contributed by atoms with Crippen LogP contribution in [0.4, 0.5) is 11.5 Å². The first-order chi connectivity index (χ1) is 12.5. The minimum absolute atomic E-state index is 0.0880. The molecule has 0 saturated carbocycles. The summed E-state index contributed by atoms with van der Waals surface area (Å²) in [7, 11) is 0. The second-order valence-electron chi connectivity index (χ2n) is 6.30. The number of nitrogens with zero attached hydrogens (tertiary/aromatic N) is 3. The number of amides is 1. The summed E-state index contributed by atoms with van der Waals surface area (Å²) in [5.41, 5.74) is 8.87. The van der Waals surface area contributed by atoms with Gasteiger partial charge in [-0.2, -0.15) is 0 Å². The number of nitrogens with one attached hydrogen (secondary N) is 1. The number of carbonyl (C=O) groups is 1. The van der Waals surface area contributed by atoms with Gasteiger partial charge in [0.2, 0.25) is 0 Å². The summed E-state index contributed by atoms with van der Waals surface area (Å²) in [6, 6.07) is 15.1. The third kappa shape index (κ3) is 3.86. The summed E-state index contributed by atoms with van der Waals surface area (Å²) >= 11 is 6.16. The van der Waals surface area contributed by atoms with Crippen LogP contribution >= 0.6 is 11.6 Å². The predicted octanol–water partition coefficient (Wildman–Crippen LogP) is 3.94. The zero-order valence-corrected chi connectivity index (χ0v) is 15.4. The van der Waals surface area contributed by atoms with Gasteiger partial charge in [-0.1, -0.05) is 61.0 Å². The summed E-state index contributed by atoms with van der Waals surface area (Å²) in [6.45, 7) is 4.58. The van der Waals surface area contributed by atoms with Crippen LogP contribution < -0.4 is 11.1 Å². The van der Waals surface area contributed by atoms with E-state index >= 15 is 0 Å². The van der Waals surface area contributed by atoms with Crippen molar-refractivity contribution in [3.63, 3.8) is 0 Å². The monoisotopic (exact) mass is 369 g/mol. The molecule has 2 aromatic carbocycles. The molecule has 0 fully saturated rings. The molecule has 0 aliphatic carbocycles. The van der Waals surface area contributed by atoms with Gasteiger partial charge in [0.05, 0.1) is 6.54 Å². The number of benzene rings is 2. The Bertz CT molecular complexity index is 918. The van der Waals surface area contributed by atoms with E-state index in [1.54, 1.807) is 6.07 Å². The quantitative estimate of drug-likeness (QED) is 0.713. The first-order valence-corrected chi connectivity index (χ1v) is 8.67. The van der Waals surface area contributed by atoms with Crippen molar-refractivity contribution in [2.24, 2.45) is 0 Å². The molecule has 0 atom stereocenters. The normalized spacial score (nSPS) is 10.9. The Labute approximate surface area is 157 Å². The molecule has 3 N–H and O–H groups in total. The van der Waals surface area contributed by atoms with Gasteiger partial charge in [-0.25, -0.2) is 4.68 Å². The number of aromatic nitrogens is 3. The highest BCUT2D eigenvalue weighted by atomic mass is 35.5. The van der Waals surface area contributed by atoms with Crippen LogP contribution in [-0.4, -0.2) is 20.9 Å². The molecular formula is C19H20ClN5O. The first-order valence-electron chi connectivity index (χ1n) is 8.29. The molecule has 7 heteroatoms. The average molecular weight is 370 g/mol. The Morgan fingerprint density at radius 3 is 2.54 bits per heavy atom. The maximum atomic E-state index is 12.5. The van der Waals surface area contributed by atoms with Gasteiger partial charge in [0.15, 0.2) is 11.5 Å². The smallest absolute Gasteiger partial charge is 0.280 e. The fraction of sp³-hybridized carbons (Fsp3) is 0.211. The summed E-state index contributed by atoms with van der Waals surface area (Å²) in [5.74, 6) is 0.228. The van der Waals surface area contributed by atoms with Crippen molar-refractivity contribution in [3.05, 3.63) is 70.4 Å². The van der Waals surface area contributed by atoms with Crippen molar-refractivity contribution < 1.29 is 4.79 Å². The van der Waals surface area contributed by atoms with Gasteiger partial charge in [0, 0.05) is 10.7 Å². The van der Waals surface area contributed by atoms with Gasteiger partial charge in [0.1, 0.15) is 0 Å². The molecule has 1 heterocycles. The van der Waals surface area contributed by atoms with E-state index in [0.29, 0.717) is 23.2 Å². The molecule has 1 aromatic heterocycles. The van der Waals surface area contributed by atoms with Gasteiger partial charge in [-0.3, -0.25) is 4.79 Å². The van der Waals surface area contributed by atoms with Crippen LogP contribution in [0, 0.1) is 0 Å². The molecule has 1 amide bonds. The van der Waals surface area contributed by atoms with Crippen molar-refractivity contribution in [1.29, 1.82) is 0 Å². The van der Waals surface area contributed by atoms with Crippen molar-refractivity contribution in [1.82, 2.24) is 15.0 Å². The lowest BCUT2D eigenvalue weighted by Crippen LogP contribution is -2.15. The fourth-order valence-corrected chi connectivity index (χ4v) is 2.72. The molecule has 26 heavy (non-hydrogen) atoms. The topological polar surface area (TPSA) is 85.8 Å². The van der Waals surface area contributed by atoms with Gasteiger partial charge < -0.3 is 11.1 Å². The van der Waals surface area contributed by atoms with E-state index in [4.69, 9.17) is 17.3 Å². The Morgan fingerprint density at radius 2 is 1.88 bits per heavy atom. The summed E-state index contributed by atoms with van der Waals surface area (Å²) < 4.78 is 1.46. The van der Waals surface area contributed by atoms with Crippen molar-refractivity contribution in [2.75, 3.05) is 11.1 Å². The van der Waals surface area contributed by atoms with Crippen molar-refractivity contribution >= 4 is 29.0 Å². The molecule has 0 bridgehead atoms. The number of rotatable bonds is 5. The highest BCUT2D eigenvalue weighted by Crippen LogP contribution is 2.20. The fourth-order valence-electron chi connectivity index (χ4n) is 2.53.